The number of nitrogens with two attached hydrogens (primary N) is 1. The van der Waals surface area contributed by atoms with E-state index < -0.39 is 0 Å². The minimum atomic E-state index is 0.0723. The molecule has 0 fully saturated rings. The minimum absolute atomic E-state index is 0.0723. The first-order valence-corrected chi connectivity index (χ1v) is 4.59. The lowest BCUT2D eigenvalue weighted by Gasteiger charge is -2.11. The maximum Gasteiger partial charge on any atom is 0.0791 e. The van der Waals surface area contributed by atoms with Crippen LogP contribution in [0.5, 0.6) is 0 Å². The largest absolute Gasteiger partial charge is 0.323 e. The van der Waals surface area contributed by atoms with Crippen LogP contribution in [0.2, 0.25) is 0 Å². The summed E-state index contributed by atoms with van der Waals surface area (Å²) in [7, 11) is 0. The summed E-state index contributed by atoms with van der Waals surface area (Å²) in [5.41, 5.74) is 8.14. The van der Waals surface area contributed by atoms with Crippen molar-refractivity contribution in [3.05, 3.63) is 17.5 Å². The summed E-state index contributed by atoms with van der Waals surface area (Å²) < 4.78 is 2.10. The van der Waals surface area contributed by atoms with Crippen molar-refractivity contribution >= 4 is 0 Å². The Morgan fingerprint density at radius 3 is 3.08 bits per heavy atom. The third-order valence-corrected chi connectivity index (χ3v) is 2.40. The molecular weight excluding hydrogens is 150 g/mol. The molecule has 2 rings (SSSR count). The smallest absolute Gasteiger partial charge is 0.0791 e. The highest BCUT2D eigenvalue weighted by Crippen LogP contribution is 2.17. The van der Waals surface area contributed by atoms with Crippen LogP contribution in [-0.2, 0) is 13.0 Å². The molecule has 3 nitrogen and oxygen atoms in total. The Bertz CT molecular complexity index is 252. The van der Waals surface area contributed by atoms with Crippen LogP contribution in [-0.4, -0.2) is 9.78 Å². The third-order valence-electron chi connectivity index (χ3n) is 2.40. The highest BCUT2D eigenvalue weighted by molar-refractivity contribution is 5.14. The quantitative estimate of drug-likeness (QED) is 0.680. The number of fused-ring (bicyclic) bond motifs is 1. The summed E-state index contributed by atoms with van der Waals surface area (Å²) in [6.45, 7) is 3.05. The lowest BCUT2D eigenvalue weighted by atomic mass is 10.1. The first-order valence-electron chi connectivity index (χ1n) is 4.59. The van der Waals surface area contributed by atoms with Gasteiger partial charge in [-0.3, -0.25) is 4.68 Å². The van der Waals surface area contributed by atoms with E-state index in [1.165, 1.54) is 25.0 Å². The summed E-state index contributed by atoms with van der Waals surface area (Å²) in [5, 5.41) is 4.44. The molecule has 2 N–H and O–H groups in total. The van der Waals surface area contributed by atoms with E-state index >= 15 is 0 Å². The van der Waals surface area contributed by atoms with E-state index in [9.17, 15) is 0 Å². The first-order chi connectivity index (χ1) is 5.77. The topological polar surface area (TPSA) is 43.8 Å². The van der Waals surface area contributed by atoms with Gasteiger partial charge in [0.1, 0.15) is 0 Å². The Morgan fingerprint density at radius 1 is 1.58 bits per heavy atom. The van der Waals surface area contributed by atoms with Crippen molar-refractivity contribution in [2.24, 2.45) is 5.73 Å². The van der Waals surface area contributed by atoms with Gasteiger partial charge >= 0.3 is 0 Å². The highest BCUT2D eigenvalue weighted by Gasteiger charge is 2.13. The van der Waals surface area contributed by atoms with Crippen LogP contribution in [0.15, 0.2) is 6.07 Å². The van der Waals surface area contributed by atoms with Gasteiger partial charge in [-0.1, -0.05) is 0 Å². The Hall–Kier alpha value is -0.830. The lowest BCUT2D eigenvalue weighted by molar-refractivity contribution is 0.481. The Morgan fingerprint density at radius 2 is 2.42 bits per heavy atom. The van der Waals surface area contributed by atoms with Gasteiger partial charge in [0.2, 0.25) is 0 Å². The fraction of sp³-hybridized carbons (Fsp3) is 0.667. The van der Waals surface area contributed by atoms with Crippen molar-refractivity contribution in [1.82, 2.24) is 9.78 Å². The maximum atomic E-state index is 5.75. The molecule has 1 unspecified atom stereocenters. The monoisotopic (exact) mass is 165 g/mol. The van der Waals surface area contributed by atoms with E-state index in [4.69, 9.17) is 5.73 Å². The number of hydrogen-bond acceptors (Lipinski definition) is 2. The zero-order valence-corrected chi connectivity index (χ0v) is 7.45. The van der Waals surface area contributed by atoms with Crippen LogP contribution in [0.25, 0.3) is 0 Å². The molecule has 1 atom stereocenters. The van der Waals surface area contributed by atoms with Gasteiger partial charge in [-0.25, -0.2) is 0 Å². The van der Waals surface area contributed by atoms with Crippen molar-refractivity contribution < 1.29 is 0 Å². The molecule has 12 heavy (non-hydrogen) atoms. The molecule has 0 bridgehead atoms. The zero-order chi connectivity index (χ0) is 8.55. The number of nitrogens with zero attached hydrogens (tertiary/aromatic N) is 2. The number of hydrogen-bond donors (Lipinski definition) is 1. The second-order valence-electron chi connectivity index (χ2n) is 3.53. The molecule has 0 saturated heterocycles. The summed E-state index contributed by atoms with van der Waals surface area (Å²) in [6, 6.07) is 2.22. The van der Waals surface area contributed by atoms with Gasteiger partial charge in [-0.2, -0.15) is 5.10 Å². The molecule has 0 radical (unpaired) electrons. The Balaban J connectivity index is 2.32. The number of rotatable bonds is 1. The van der Waals surface area contributed by atoms with Crippen LogP contribution in [0, 0.1) is 0 Å². The van der Waals surface area contributed by atoms with Gasteiger partial charge in [-0.05, 0) is 32.3 Å². The van der Waals surface area contributed by atoms with E-state index in [-0.39, 0.29) is 6.04 Å². The second kappa shape index (κ2) is 2.90. The van der Waals surface area contributed by atoms with E-state index in [0.717, 1.165) is 12.2 Å². The fourth-order valence-corrected chi connectivity index (χ4v) is 1.66. The molecule has 0 saturated carbocycles. The fourth-order valence-electron chi connectivity index (χ4n) is 1.66. The predicted molar refractivity (Wildman–Crippen MR) is 47.8 cm³/mol. The van der Waals surface area contributed by atoms with Crippen LogP contribution in [0.1, 0.15) is 37.2 Å². The lowest BCUT2D eigenvalue weighted by Crippen LogP contribution is -2.11. The molecule has 0 amide bonds. The molecule has 2 heterocycles. The normalized spacial score (nSPS) is 18.8. The molecule has 66 valence electrons. The van der Waals surface area contributed by atoms with Gasteiger partial charge in [0.25, 0.3) is 0 Å². The van der Waals surface area contributed by atoms with Crippen molar-refractivity contribution in [3.63, 3.8) is 0 Å². The summed E-state index contributed by atoms with van der Waals surface area (Å²) in [6.07, 6.45) is 3.72. The van der Waals surface area contributed by atoms with Gasteiger partial charge in [-0.15, -0.1) is 0 Å². The van der Waals surface area contributed by atoms with E-state index in [2.05, 4.69) is 15.8 Å². The van der Waals surface area contributed by atoms with Crippen molar-refractivity contribution in [2.45, 2.75) is 38.8 Å². The highest BCUT2D eigenvalue weighted by atomic mass is 15.3. The first kappa shape index (κ1) is 7.80. The predicted octanol–water partition coefficient (Wildman–Crippen LogP) is 1.24. The minimum Gasteiger partial charge on any atom is -0.323 e. The molecule has 1 aromatic heterocycles. The third kappa shape index (κ3) is 1.25. The number of aryl methyl sites for hydroxylation is 2. The second-order valence-corrected chi connectivity index (χ2v) is 3.53. The van der Waals surface area contributed by atoms with Gasteiger partial charge < -0.3 is 5.73 Å². The van der Waals surface area contributed by atoms with E-state index in [0.29, 0.717) is 0 Å². The Labute approximate surface area is 72.6 Å². The molecule has 1 aromatic rings. The molecule has 0 spiro atoms. The van der Waals surface area contributed by atoms with Crippen molar-refractivity contribution in [1.29, 1.82) is 0 Å². The summed E-state index contributed by atoms with van der Waals surface area (Å²) in [5.74, 6) is 0. The molecule has 0 aliphatic carbocycles. The standard InChI is InChI=1S/C9H15N3/c1-7(10)9-6-8-4-2-3-5-12(8)11-9/h6-7H,2-5,10H2,1H3. The molecular formula is C9H15N3. The SMILES string of the molecule is CC(N)c1cc2n(n1)CCCC2. The van der Waals surface area contributed by atoms with Crippen molar-refractivity contribution in [2.75, 3.05) is 0 Å². The van der Waals surface area contributed by atoms with Crippen molar-refractivity contribution in [3.8, 4) is 0 Å². The van der Waals surface area contributed by atoms with Crippen LogP contribution in [0.3, 0.4) is 0 Å². The average Bonchev–Trinajstić information content (AvgIpc) is 2.46. The zero-order valence-electron chi connectivity index (χ0n) is 7.45. The molecule has 3 heteroatoms. The van der Waals surface area contributed by atoms with E-state index in [1.54, 1.807) is 0 Å². The van der Waals surface area contributed by atoms with Crippen LogP contribution < -0.4 is 5.73 Å². The molecule has 0 aromatic carbocycles. The average molecular weight is 165 g/mol. The van der Waals surface area contributed by atoms with Crippen LogP contribution in [0.4, 0.5) is 0 Å². The van der Waals surface area contributed by atoms with Gasteiger partial charge in [0, 0.05) is 18.3 Å². The van der Waals surface area contributed by atoms with Gasteiger partial charge in [0.05, 0.1) is 5.69 Å². The van der Waals surface area contributed by atoms with Gasteiger partial charge in [0.15, 0.2) is 0 Å². The Kier molecular flexibility index (Phi) is 1.89. The maximum absolute atomic E-state index is 5.75. The molecule has 1 aliphatic rings. The summed E-state index contributed by atoms with van der Waals surface area (Å²) in [4.78, 5) is 0. The number of aromatic nitrogens is 2. The van der Waals surface area contributed by atoms with Crippen LogP contribution >= 0.6 is 0 Å². The molecule has 1 aliphatic heterocycles. The summed E-state index contributed by atoms with van der Waals surface area (Å²) >= 11 is 0. The van der Waals surface area contributed by atoms with E-state index in [1.807, 2.05) is 6.92 Å².